The highest BCUT2D eigenvalue weighted by atomic mass is 19.1. The number of aryl methyl sites for hydroxylation is 1. The summed E-state index contributed by atoms with van der Waals surface area (Å²) in [4.78, 5) is 21.0. The van der Waals surface area contributed by atoms with E-state index in [1.165, 1.54) is 12.5 Å². The van der Waals surface area contributed by atoms with Crippen LogP contribution >= 0.6 is 0 Å². The molecule has 0 atom stereocenters. The Bertz CT molecular complexity index is 696. The lowest BCUT2D eigenvalue weighted by molar-refractivity contribution is -0.139. The molecule has 1 saturated carbocycles. The van der Waals surface area contributed by atoms with Gasteiger partial charge in [-0.15, -0.1) is 0 Å². The molecule has 6 nitrogen and oxygen atoms in total. The van der Waals surface area contributed by atoms with Crippen LogP contribution in [0.3, 0.4) is 0 Å². The molecule has 1 aromatic rings. The number of aliphatic imine (C=N–C) groups is 1. The zero-order valence-corrected chi connectivity index (χ0v) is 17.0. The molecule has 7 heteroatoms. The van der Waals surface area contributed by atoms with Crippen molar-refractivity contribution in [3.8, 4) is 0 Å². The minimum absolute atomic E-state index is 0.180. The molecule has 0 spiro atoms. The van der Waals surface area contributed by atoms with Crippen LogP contribution in [0.5, 0.6) is 0 Å². The number of nitrogens with zero attached hydrogens (tertiary/aromatic N) is 3. The number of amides is 1. The number of carbonyl (C=O) groups is 1. The average Bonchev–Trinajstić information content (AvgIpc) is 2.66. The number of nitrogens with one attached hydrogen (secondary N) is 2. The van der Waals surface area contributed by atoms with Crippen molar-refractivity contribution in [2.24, 2.45) is 10.9 Å². The first-order valence-electron chi connectivity index (χ1n) is 10.3. The van der Waals surface area contributed by atoms with Crippen LogP contribution in [-0.2, 0) is 11.3 Å². The molecular formula is C21H32FN5O. The number of rotatable bonds is 6. The van der Waals surface area contributed by atoms with Gasteiger partial charge in [-0.05, 0) is 37.0 Å². The topological polar surface area (TPSA) is 60.0 Å². The molecule has 154 valence electrons. The minimum atomic E-state index is -0.180. The predicted molar refractivity (Wildman–Crippen MR) is 110 cm³/mol. The van der Waals surface area contributed by atoms with Gasteiger partial charge in [-0.25, -0.2) is 4.39 Å². The maximum atomic E-state index is 13.4. The molecule has 2 fully saturated rings. The standard InChI is InChI=1S/C21H32FN5O/c1-16-14-17(6-7-19(16)22)15-25-21(23-2)24-8-9-26-10-12-27(13-11-26)20(28)18-4-3-5-18/h6-7,14,18H,3-5,8-13,15H2,1-2H3,(H2,23,24,25). The van der Waals surface area contributed by atoms with E-state index in [9.17, 15) is 9.18 Å². The molecule has 2 aliphatic rings. The quantitative estimate of drug-likeness (QED) is 0.575. The lowest BCUT2D eigenvalue weighted by Crippen LogP contribution is -2.52. The highest BCUT2D eigenvalue weighted by Crippen LogP contribution is 2.28. The highest BCUT2D eigenvalue weighted by Gasteiger charge is 2.30. The first kappa shape index (κ1) is 20.6. The Labute approximate surface area is 167 Å². The zero-order valence-electron chi connectivity index (χ0n) is 17.0. The van der Waals surface area contributed by atoms with Gasteiger partial charge in [0.2, 0.25) is 5.91 Å². The van der Waals surface area contributed by atoms with Crippen LogP contribution in [0.25, 0.3) is 0 Å². The Morgan fingerprint density at radius 2 is 1.96 bits per heavy atom. The normalized spacial score (nSPS) is 18.7. The van der Waals surface area contributed by atoms with Crippen molar-refractivity contribution >= 4 is 11.9 Å². The van der Waals surface area contributed by atoms with E-state index >= 15 is 0 Å². The summed E-state index contributed by atoms with van der Waals surface area (Å²) in [6.45, 7) is 7.62. The van der Waals surface area contributed by atoms with E-state index in [0.29, 0.717) is 23.9 Å². The number of guanidine groups is 1. The van der Waals surface area contributed by atoms with Gasteiger partial charge in [0.05, 0.1) is 0 Å². The summed E-state index contributed by atoms with van der Waals surface area (Å²) in [6.07, 6.45) is 3.36. The van der Waals surface area contributed by atoms with Crippen molar-refractivity contribution in [2.45, 2.75) is 32.7 Å². The van der Waals surface area contributed by atoms with Crippen LogP contribution in [0.1, 0.15) is 30.4 Å². The summed E-state index contributed by atoms with van der Waals surface area (Å²) in [5.74, 6) is 1.22. The lowest BCUT2D eigenvalue weighted by atomic mass is 9.84. The highest BCUT2D eigenvalue weighted by molar-refractivity contribution is 5.80. The number of halogens is 1. The van der Waals surface area contributed by atoms with Crippen molar-refractivity contribution in [3.63, 3.8) is 0 Å². The van der Waals surface area contributed by atoms with Gasteiger partial charge >= 0.3 is 0 Å². The molecule has 1 aliphatic carbocycles. The fourth-order valence-corrected chi connectivity index (χ4v) is 3.66. The number of hydrogen-bond donors (Lipinski definition) is 2. The third kappa shape index (κ3) is 5.44. The fourth-order valence-electron chi connectivity index (χ4n) is 3.66. The SMILES string of the molecule is CN=C(NCCN1CCN(C(=O)C2CCC2)CC1)NCc1ccc(F)c(C)c1. The van der Waals surface area contributed by atoms with Crippen molar-refractivity contribution in [1.82, 2.24) is 20.4 Å². The van der Waals surface area contributed by atoms with Crippen LogP contribution in [0.15, 0.2) is 23.2 Å². The molecule has 28 heavy (non-hydrogen) atoms. The lowest BCUT2D eigenvalue weighted by Gasteiger charge is -2.38. The average molecular weight is 390 g/mol. The van der Waals surface area contributed by atoms with Gasteiger partial charge in [0.1, 0.15) is 5.82 Å². The van der Waals surface area contributed by atoms with E-state index in [0.717, 1.165) is 63.6 Å². The first-order chi connectivity index (χ1) is 13.6. The summed E-state index contributed by atoms with van der Waals surface area (Å²) in [5.41, 5.74) is 1.67. The number of benzene rings is 1. The first-order valence-corrected chi connectivity index (χ1v) is 10.3. The van der Waals surface area contributed by atoms with Gasteiger partial charge in [0, 0.05) is 58.8 Å². The van der Waals surface area contributed by atoms with Gasteiger partial charge in [-0.2, -0.15) is 0 Å². The second-order valence-corrected chi connectivity index (χ2v) is 7.73. The van der Waals surface area contributed by atoms with Crippen molar-refractivity contribution in [3.05, 3.63) is 35.1 Å². The second kappa shape index (κ2) is 9.87. The number of hydrogen-bond acceptors (Lipinski definition) is 3. The molecule has 0 unspecified atom stereocenters. The molecule has 0 aromatic heterocycles. The summed E-state index contributed by atoms with van der Waals surface area (Å²) >= 11 is 0. The molecule has 1 aliphatic heterocycles. The van der Waals surface area contributed by atoms with Gasteiger partial charge in [0.25, 0.3) is 0 Å². The minimum Gasteiger partial charge on any atom is -0.355 e. The third-order valence-electron chi connectivity index (χ3n) is 5.76. The van der Waals surface area contributed by atoms with E-state index in [4.69, 9.17) is 0 Å². The van der Waals surface area contributed by atoms with Gasteiger partial charge < -0.3 is 15.5 Å². The molecular weight excluding hydrogens is 357 g/mol. The molecule has 2 N–H and O–H groups in total. The van der Waals surface area contributed by atoms with Gasteiger partial charge in [-0.3, -0.25) is 14.7 Å². The van der Waals surface area contributed by atoms with E-state index in [2.05, 4.69) is 20.5 Å². The summed E-state index contributed by atoms with van der Waals surface area (Å²) < 4.78 is 13.4. The van der Waals surface area contributed by atoms with E-state index < -0.39 is 0 Å². The summed E-state index contributed by atoms with van der Waals surface area (Å²) in [6, 6.07) is 5.13. The smallest absolute Gasteiger partial charge is 0.225 e. The van der Waals surface area contributed by atoms with Crippen LogP contribution in [0.4, 0.5) is 4.39 Å². The monoisotopic (exact) mass is 389 g/mol. The van der Waals surface area contributed by atoms with Crippen molar-refractivity contribution in [2.75, 3.05) is 46.3 Å². The maximum absolute atomic E-state index is 13.4. The largest absolute Gasteiger partial charge is 0.355 e. The molecule has 1 amide bonds. The maximum Gasteiger partial charge on any atom is 0.225 e. The Kier molecular flexibility index (Phi) is 7.25. The molecule has 1 heterocycles. The van der Waals surface area contributed by atoms with E-state index in [-0.39, 0.29) is 5.82 Å². The van der Waals surface area contributed by atoms with Crippen LogP contribution in [0, 0.1) is 18.7 Å². The van der Waals surface area contributed by atoms with Crippen LogP contribution < -0.4 is 10.6 Å². The van der Waals surface area contributed by atoms with Gasteiger partial charge in [0.15, 0.2) is 5.96 Å². The van der Waals surface area contributed by atoms with Crippen molar-refractivity contribution in [1.29, 1.82) is 0 Å². The van der Waals surface area contributed by atoms with E-state index in [1.807, 2.05) is 11.0 Å². The van der Waals surface area contributed by atoms with Gasteiger partial charge in [-0.1, -0.05) is 18.6 Å². The molecule has 3 rings (SSSR count). The fraction of sp³-hybridized carbons (Fsp3) is 0.619. The molecule has 0 bridgehead atoms. The Hall–Kier alpha value is -2.15. The molecule has 1 saturated heterocycles. The van der Waals surface area contributed by atoms with Crippen LogP contribution in [-0.4, -0.2) is 68.0 Å². The van der Waals surface area contributed by atoms with Crippen molar-refractivity contribution < 1.29 is 9.18 Å². The number of piperazine rings is 1. The molecule has 0 radical (unpaired) electrons. The Morgan fingerprint density at radius 1 is 1.21 bits per heavy atom. The third-order valence-corrected chi connectivity index (χ3v) is 5.76. The second-order valence-electron chi connectivity index (χ2n) is 7.73. The Balaban J connectivity index is 1.33. The number of carbonyl (C=O) groups excluding carboxylic acids is 1. The predicted octanol–water partition coefficient (Wildman–Crippen LogP) is 1.74. The summed E-state index contributed by atoms with van der Waals surface area (Å²) in [5, 5.41) is 6.59. The van der Waals surface area contributed by atoms with Crippen LogP contribution in [0.2, 0.25) is 0 Å². The Morgan fingerprint density at radius 3 is 2.57 bits per heavy atom. The molecule has 1 aromatic carbocycles. The summed E-state index contributed by atoms with van der Waals surface area (Å²) in [7, 11) is 1.75. The van der Waals surface area contributed by atoms with E-state index in [1.54, 1.807) is 20.0 Å². The zero-order chi connectivity index (χ0) is 19.9.